The molecule has 0 saturated heterocycles. The molecule has 0 bridgehead atoms. The highest BCUT2D eigenvalue weighted by Crippen LogP contribution is 2.22. The Labute approximate surface area is 162 Å². The van der Waals surface area contributed by atoms with Gasteiger partial charge in [0.15, 0.2) is 0 Å². The summed E-state index contributed by atoms with van der Waals surface area (Å²) in [6, 6.07) is 16.6. The van der Waals surface area contributed by atoms with Gasteiger partial charge in [0.25, 0.3) is 5.91 Å². The van der Waals surface area contributed by atoms with Crippen LogP contribution >= 0.6 is 11.3 Å². The van der Waals surface area contributed by atoms with Crippen LogP contribution in [0.3, 0.4) is 0 Å². The Bertz CT molecular complexity index is 1060. The molecule has 3 aromatic rings. The van der Waals surface area contributed by atoms with Crippen molar-refractivity contribution >= 4 is 33.0 Å². The maximum atomic E-state index is 12.6. The highest BCUT2D eigenvalue weighted by molar-refractivity contribution is 7.88. The second-order valence-corrected chi connectivity index (χ2v) is 8.84. The first-order chi connectivity index (χ1) is 12.8. The second-order valence-electron chi connectivity index (χ2n) is 6.15. The predicted molar refractivity (Wildman–Crippen MR) is 107 cm³/mol. The number of amides is 1. The van der Waals surface area contributed by atoms with Gasteiger partial charge in [-0.3, -0.25) is 4.79 Å². The summed E-state index contributed by atoms with van der Waals surface area (Å²) < 4.78 is 22.5. The maximum absolute atomic E-state index is 12.6. The molecule has 140 valence electrons. The Morgan fingerprint density at radius 1 is 1.11 bits per heavy atom. The van der Waals surface area contributed by atoms with Crippen molar-refractivity contribution < 1.29 is 13.2 Å². The number of thiazole rings is 1. The maximum Gasteiger partial charge on any atom is 0.267 e. The lowest BCUT2D eigenvalue weighted by molar-refractivity contribution is 0.103. The van der Waals surface area contributed by atoms with Crippen LogP contribution < -0.4 is 10.5 Å². The monoisotopic (exact) mass is 401 g/mol. The van der Waals surface area contributed by atoms with E-state index >= 15 is 0 Å². The molecule has 0 saturated carbocycles. The molecule has 0 fully saturated rings. The second kappa shape index (κ2) is 7.99. The number of rotatable bonds is 6. The predicted octanol–water partition coefficient (Wildman–Crippen LogP) is 3.08. The molecule has 3 N–H and O–H groups in total. The summed E-state index contributed by atoms with van der Waals surface area (Å²) in [6.45, 7) is 1.80. The van der Waals surface area contributed by atoms with Gasteiger partial charge in [-0.15, -0.1) is 11.3 Å². The van der Waals surface area contributed by atoms with E-state index in [-0.39, 0.29) is 11.7 Å². The Hall–Kier alpha value is -2.55. The molecule has 0 aliphatic heterocycles. The van der Waals surface area contributed by atoms with Gasteiger partial charge >= 0.3 is 0 Å². The highest BCUT2D eigenvalue weighted by Gasteiger charge is 2.16. The lowest BCUT2D eigenvalue weighted by Crippen LogP contribution is -2.15. The smallest absolute Gasteiger partial charge is 0.267 e. The van der Waals surface area contributed by atoms with E-state index in [4.69, 9.17) is 5.14 Å². The van der Waals surface area contributed by atoms with E-state index in [1.165, 1.54) is 11.3 Å². The summed E-state index contributed by atoms with van der Waals surface area (Å²) >= 11 is 1.36. The average molecular weight is 402 g/mol. The average Bonchev–Trinajstić information content (AvgIpc) is 2.95. The molecule has 6 nitrogen and oxygen atoms in total. The van der Waals surface area contributed by atoms with E-state index in [0.717, 1.165) is 10.6 Å². The van der Waals surface area contributed by atoms with E-state index in [2.05, 4.69) is 10.3 Å². The van der Waals surface area contributed by atoms with Gasteiger partial charge in [0.1, 0.15) is 4.88 Å². The van der Waals surface area contributed by atoms with E-state index in [9.17, 15) is 13.2 Å². The van der Waals surface area contributed by atoms with Gasteiger partial charge in [0.05, 0.1) is 16.5 Å². The Morgan fingerprint density at radius 2 is 1.81 bits per heavy atom. The molecule has 3 rings (SSSR count). The third kappa shape index (κ3) is 5.46. The van der Waals surface area contributed by atoms with Crippen LogP contribution in [0.15, 0.2) is 54.6 Å². The normalized spacial score (nSPS) is 11.3. The van der Waals surface area contributed by atoms with E-state index < -0.39 is 10.0 Å². The van der Waals surface area contributed by atoms with Crippen molar-refractivity contribution in [3.63, 3.8) is 0 Å². The number of hydrogen-bond acceptors (Lipinski definition) is 5. The SMILES string of the molecule is Cc1nc(Cc2ccccc2)sc1C(=O)Nc1cccc(CS(N)(=O)=O)c1. The third-order valence-corrected chi connectivity index (χ3v) is 5.69. The standard InChI is InChI=1S/C19H19N3O3S2/c1-13-18(26-17(21-13)11-14-6-3-2-4-7-14)19(23)22-16-9-5-8-15(10-16)12-27(20,24)25/h2-10H,11-12H2,1H3,(H,22,23)(H2,20,24,25). The van der Waals surface area contributed by atoms with E-state index in [1.54, 1.807) is 31.2 Å². The molecule has 27 heavy (non-hydrogen) atoms. The minimum Gasteiger partial charge on any atom is -0.321 e. The van der Waals surface area contributed by atoms with Gasteiger partial charge in [-0.2, -0.15) is 0 Å². The molecule has 0 aliphatic carbocycles. The molecular weight excluding hydrogens is 382 g/mol. The van der Waals surface area contributed by atoms with Crippen LogP contribution in [-0.2, 0) is 22.2 Å². The van der Waals surface area contributed by atoms with Gasteiger partial charge in [-0.05, 0) is 30.2 Å². The summed E-state index contributed by atoms with van der Waals surface area (Å²) in [6.07, 6.45) is 0.670. The lowest BCUT2D eigenvalue weighted by Gasteiger charge is -2.06. The van der Waals surface area contributed by atoms with Crippen molar-refractivity contribution in [3.05, 3.63) is 81.3 Å². The molecule has 0 aliphatic rings. The Balaban J connectivity index is 1.74. The number of primary sulfonamides is 1. The molecule has 1 heterocycles. The number of nitrogens with one attached hydrogen (secondary N) is 1. The van der Waals surface area contributed by atoms with Crippen molar-refractivity contribution in [2.45, 2.75) is 19.1 Å². The largest absolute Gasteiger partial charge is 0.321 e. The first-order valence-electron chi connectivity index (χ1n) is 8.21. The molecule has 1 amide bonds. The summed E-state index contributed by atoms with van der Waals surface area (Å²) in [4.78, 5) is 17.6. The molecule has 0 atom stereocenters. The Kier molecular flexibility index (Phi) is 5.69. The summed E-state index contributed by atoms with van der Waals surface area (Å²) in [5.41, 5.74) is 2.83. The number of aryl methyl sites for hydroxylation is 1. The van der Waals surface area contributed by atoms with Crippen molar-refractivity contribution in [1.82, 2.24) is 4.98 Å². The lowest BCUT2D eigenvalue weighted by atomic mass is 10.2. The number of hydrogen-bond donors (Lipinski definition) is 2. The molecule has 0 radical (unpaired) electrons. The molecule has 0 spiro atoms. The van der Waals surface area contributed by atoms with Gasteiger partial charge in [0, 0.05) is 12.1 Å². The number of nitrogens with two attached hydrogens (primary N) is 1. The minimum atomic E-state index is -3.63. The van der Waals surface area contributed by atoms with Crippen LogP contribution in [0.5, 0.6) is 0 Å². The fourth-order valence-electron chi connectivity index (χ4n) is 2.67. The van der Waals surface area contributed by atoms with Crippen molar-refractivity contribution in [2.24, 2.45) is 5.14 Å². The van der Waals surface area contributed by atoms with Crippen LogP contribution in [0.25, 0.3) is 0 Å². The summed E-state index contributed by atoms with van der Waals surface area (Å²) in [7, 11) is -3.63. The van der Waals surface area contributed by atoms with Crippen LogP contribution in [0.4, 0.5) is 5.69 Å². The van der Waals surface area contributed by atoms with Crippen molar-refractivity contribution in [2.75, 3.05) is 5.32 Å². The van der Waals surface area contributed by atoms with E-state index in [1.807, 2.05) is 30.3 Å². The first-order valence-corrected chi connectivity index (χ1v) is 10.7. The molecule has 0 unspecified atom stereocenters. The van der Waals surface area contributed by atoms with Crippen LogP contribution in [0.1, 0.15) is 31.5 Å². The first kappa shape index (κ1) is 19.2. The molecule has 1 aromatic heterocycles. The van der Waals surface area contributed by atoms with Gasteiger partial charge < -0.3 is 5.32 Å². The number of carbonyl (C=O) groups is 1. The van der Waals surface area contributed by atoms with E-state index in [0.29, 0.717) is 28.2 Å². The topological polar surface area (TPSA) is 102 Å². The van der Waals surface area contributed by atoms with Crippen molar-refractivity contribution in [3.8, 4) is 0 Å². The number of nitrogens with zero attached hydrogens (tertiary/aromatic N) is 1. The number of carbonyl (C=O) groups excluding carboxylic acids is 1. The fraction of sp³-hybridized carbons (Fsp3) is 0.158. The quantitative estimate of drug-likeness (QED) is 0.662. The minimum absolute atomic E-state index is 0.267. The summed E-state index contributed by atoms with van der Waals surface area (Å²) in [5.74, 6) is -0.547. The number of benzene rings is 2. The zero-order valence-corrected chi connectivity index (χ0v) is 16.3. The number of sulfonamides is 1. The van der Waals surface area contributed by atoms with Crippen molar-refractivity contribution in [1.29, 1.82) is 0 Å². The number of aromatic nitrogens is 1. The van der Waals surface area contributed by atoms with Gasteiger partial charge in [-0.25, -0.2) is 18.5 Å². The zero-order chi connectivity index (χ0) is 19.4. The van der Waals surface area contributed by atoms with Crippen LogP contribution in [0, 0.1) is 6.92 Å². The van der Waals surface area contributed by atoms with Crippen LogP contribution in [0.2, 0.25) is 0 Å². The fourth-order valence-corrected chi connectivity index (χ4v) is 4.31. The summed E-state index contributed by atoms with van der Waals surface area (Å²) in [5, 5.41) is 8.74. The zero-order valence-electron chi connectivity index (χ0n) is 14.7. The molecule has 2 aromatic carbocycles. The Morgan fingerprint density at radius 3 is 2.52 bits per heavy atom. The van der Waals surface area contributed by atoms with Crippen LogP contribution in [-0.4, -0.2) is 19.3 Å². The number of anilines is 1. The van der Waals surface area contributed by atoms with Gasteiger partial charge in [0.2, 0.25) is 10.0 Å². The highest BCUT2D eigenvalue weighted by atomic mass is 32.2. The molecule has 8 heteroatoms. The molecular formula is C19H19N3O3S2. The third-order valence-electron chi connectivity index (χ3n) is 3.80. The van der Waals surface area contributed by atoms with Gasteiger partial charge in [-0.1, -0.05) is 42.5 Å².